The quantitative estimate of drug-likeness (QED) is 0.733. The van der Waals surface area contributed by atoms with Crippen LogP contribution in [0.5, 0.6) is 0 Å². The van der Waals surface area contributed by atoms with E-state index in [9.17, 15) is 8.78 Å². The molecule has 0 aromatic rings. The molecule has 2 aliphatic rings. The molecule has 14 heavy (non-hydrogen) atoms. The predicted octanol–water partition coefficient (Wildman–Crippen LogP) is 2.65. The van der Waals surface area contributed by atoms with Crippen molar-refractivity contribution in [3.8, 4) is 0 Å². The highest BCUT2D eigenvalue weighted by Crippen LogP contribution is 2.83. The van der Waals surface area contributed by atoms with Crippen molar-refractivity contribution in [1.29, 1.82) is 0 Å². The zero-order valence-corrected chi connectivity index (χ0v) is 9.32. The van der Waals surface area contributed by atoms with Gasteiger partial charge < -0.3 is 5.73 Å². The van der Waals surface area contributed by atoms with Crippen LogP contribution in [-0.2, 0) is 0 Å². The van der Waals surface area contributed by atoms with Crippen LogP contribution < -0.4 is 5.73 Å². The van der Waals surface area contributed by atoms with E-state index in [-0.39, 0.29) is 29.7 Å². The number of nitrogens with two attached hydrogens (primary N) is 1. The smallest absolute Gasteiger partial charge is 0.256 e. The van der Waals surface area contributed by atoms with Gasteiger partial charge in [-0.15, -0.1) is 0 Å². The summed E-state index contributed by atoms with van der Waals surface area (Å²) in [5, 5.41) is 0. The lowest BCUT2D eigenvalue weighted by Crippen LogP contribution is -2.27. The van der Waals surface area contributed by atoms with Crippen LogP contribution in [0, 0.1) is 22.2 Å². The molecular weight excluding hydrogens is 184 g/mol. The summed E-state index contributed by atoms with van der Waals surface area (Å²) in [5.74, 6) is -2.44. The Hall–Kier alpha value is -0.180. The van der Waals surface area contributed by atoms with Gasteiger partial charge in [0.2, 0.25) is 0 Å². The van der Waals surface area contributed by atoms with E-state index < -0.39 is 11.3 Å². The average Bonchev–Trinajstić information content (AvgIpc) is 2.66. The fourth-order valence-corrected chi connectivity index (χ4v) is 3.58. The first-order valence-corrected chi connectivity index (χ1v) is 5.21. The Labute approximate surface area is 84.0 Å². The summed E-state index contributed by atoms with van der Waals surface area (Å²) >= 11 is 0. The van der Waals surface area contributed by atoms with E-state index in [0.717, 1.165) is 0 Å². The lowest BCUT2D eigenvalue weighted by Gasteiger charge is -2.16. The summed E-state index contributed by atoms with van der Waals surface area (Å²) in [7, 11) is 0. The number of hydrogen-bond donors (Lipinski definition) is 1. The maximum atomic E-state index is 13.3. The summed E-state index contributed by atoms with van der Waals surface area (Å²) in [5.41, 5.74) is 4.67. The van der Waals surface area contributed by atoms with Gasteiger partial charge in [-0.1, -0.05) is 27.7 Å². The van der Waals surface area contributed by atoms with E-state index in [2.05, 4.69) is 27.7 Å². The van der Waals surface area contributed by atoms with Gasteiger partial charge in [-0.25, -0.2) is 8.78 Å². The number of halogens is 2. The normalized spacial score (nSPS) is 42.2. The average molecular weight is 203 g/mol. The van der Waals surface area contributed by atoms with Gasteiger partial charge in [-0.05, 0) is 16.7 Å². The third-order valence-corrected chi connectivity index (χ3v) is 5.08. The predicted molar refractivity (Wildman–Crippen MR) is 52.1 cm³/mol. The summed E-state index contributed by atoms with van der Waals surface area (Å²) in [4.78, 5) is 0. The van der Waals surface area contributed by atoms with Crippen molar-refractivity contribution in [3.63, 3.8) is 0 Å². The van der Waals surface area contributed by atoms with E-state index in [1.165, 1.54) is 0 Å². The second-order valence-corrected chi connectivity index (χ2v) is 6.12. The largest absolute Gasteiger partial charge is 0.330 e. The van der Waals surface area contributed by atoms with Crippen LogP contribution in [0.3, 0.4) is 0 Å². The van der Waals surface area contributed by atoms with Gasteiger partial charge >= 0.3 is 0 Å². The Morgan fingerprint density at radius 1 is 1.14 bits per heavy atom. The molecule has 82 valence electrons. The first-order valence-electron chi connectivity index (χ1n) is 5.21. The van der Waals surface area contributed by atoms with Crippen molar-refractivity contribution in [2.45, 2.75) is 40.0 Å². The highest BCUT2D eigenvalue weighted by atomic mass is 19.3. The van der Waals surface area contributed by atoms with Gasteiger partial charge in [0.15, 0.2) is 0 Å². The molecule has 0 aromatic heterocycles. The molecule has 0 spiro atoms. The van der Waals surface area contributed by atoms with Crippen LogP contribution in [0.25, 0.3) is 0 Å². The Morgan fingerprint density at radius 2 is 1.50 bits per heavy atom. The second-order valence-electron chi connectivity index (χ2n) is 6.12. The monoisotopic (exact) mass is 203 g/mol. The van der Waals surface area contributed by atoms with Crippen molar-refractivity contribution in [2.24, 2.45) is 27.9 Å². The van der Waals surface area contributed by atoms with Crippen molar-refractivity contribution in [1.82, 2.24) is 0 Å². The molecule has 0 saturated heterocycles. The van der Waals surface area contributed by atoms with Crippen molar-refractivity contribution in [2.75, 3.05) is 6.54 Å². The maximum Gasteiger partial charge on any atom is 0.256 e. The maximum absolute atomic E-state index is 13.3. The van der Waals surface area contributed by atoms with E-state index in [4.69, 9.17) is 5.73 Å². The third-order valence-electron chi connectivity index (χ3n) is 5.08. The van der Waals surface area contributed by atoms with Crippen molar-refractivity contribution in [3.05, 3.63) is 0 Å². The van der Waals surface area contributed by atoms with Crippen LogP contribution in [-0.4, -0.2) is 12.5 Å². The molecule has 0 aromatic carbocycles. The molecule has 3 heteroatoms. The minimum atomic E-state index is -2.52. The Balaban J connectivity index is 2.28. The topological polar surface area (TPSA) is 26.0 Å². The summed E-state index contributed by atoms with van der Waals surface area (Å²) in [6.45, 7) is 8.41. The van der Waals surface area contributed by atoms with Gasteiger partial charge in [-0.3, -0.25) is 0 Å². The molecule has 0 heterocycles. The van der Waals surface area contributed by atoms with Crippen LogP contribution >= 0.6 is 0 Å². The van der Waals surface area contributed by atoms with E-state index in [1.54, 1.807) is 0 Å². The first kappa shape index (κ1) is 10.3. The lowest BCUT2D eigenvalue weighted by molar-refractivity contribution is 0.0502. The second kappa shape index (κ2) is 2.16. The van der Waals surface area contributed by atoms with Crippen LogP contribution in [0.4, 0.5) is 8.78 Å². The molecule has 2 rings (SSSR count). The van der Waals surface area contributed by atoms with Crippen molar-refractivity contribution < 1.29 is 8.78 Å². The van der Waals surface area contributed by atoms with Crippen LogP contribution in [0.1, 0.15) is 34.1 Å². The number of alkyl halides is 2. The minimum absolute atomic E-state index is 0.00593. The zero-order chi connectivity index (χ0) is 11.0. The van der Waals surface area contributed by atoms with Crippen LogP contribution in [0.2, 0.25) is 0 Å². The molecule has 2 saturated carbocycles. The molecule has 2 N–H and O–H groups in total. The highest BCUT2D eigenvalue weighted by Gasteiger charge is 2.85. The van der Waals surface area contributed by atoms with E-state index >= 15 is 0 Å². The minimum Gasteiger partial charge on any atom is -0.330 e. The summed E-state index contributed by atoms with van der Waals surface area (Å²) in [6.07, 6.45) is -0.00593. The van der Waals surface area contributed by atoms with Gasteiger partial charge in [0.1, 0.15) is 0 Å². The molecule has 0 radical (unpaired) electrons. The Kier molecular flexibility index (Phi) is 1.59. The molecule has 0 bridgehead atoms. The fourth-order valence-electron chi connectivity index (χ4n) is 3.58. The molecule has 1 unspecified atom stereocenters. The van der Waals surface area contributed by atoms with Gasteiger partial charge in [0.05, 0.1) is 5.41 Å². The van der Waals surface area contributed by atoms with Gasteiger partial charge in [0.25, 0.3) is 5.92 Å². The Bertz CT molecular complexity index is 269. The molecular formula is C11H19F2N. The number of hydrogen-bond acceptors (Lipinski definition) is 1. The highest BCUT2D eigenvalue weighted by molar-refractivity contribution is 5.28. The fraction of sp³-hybridized carbons (Fsp3) is 1.00. The molecule has 0 amide bonds. The third kappa shape index (κ3) is 0.830. The molecule has 2 aliphatic carbocycles. The first-order chi connectivity index (χ1) is 6.13. The molecule has 0 aliphatic heterocycles. The number of rotatable bonds is 2. The van der Waals surface area contributed by atoms with Gasteiger partial charge in [0, 0.05) is 13.0 Å². The summed E-state index contributed by atoms with van der Waals surface area (Å²) in [6, 6.07) is 0. The van der Waals surface area contributed by atoms with E-state index in [1.807, 2.05) is 0 Å². The van der Waals surface area contributed by atoms with Gasteiger partial charge in [-0.2, -0.15) is 0 Å². The summed E-state index contributed by atoms with van der Waals surface area (Å²) < 4.78 is 26.7. The molecule has 2 fully saturated rings. The standard InChI is InChI=1S/C11H19F2N/c1-8(2)7(9(8,3)4)10(6-14)5-11(10,12)13/h7H,5-6,14H2,1-4H3. The zero-order valence-electron chi connectivity index (χ0n) is 9.32. The van der Waals surface area contributed by atoms with E-state index in [0.29, 0.717) is 0 Å². The molecule has 1 atom stereocenters. The van der Waals surface area contributed by atoms with Crippen molar-refractivity contribution >= 4 is 0 Å². The van der Waals surface area contributed by atoms with Crippen LogP contribution in [0.15, 0.2) is 0 Å². The lowest BCUT2D eigenvalue weighted by atomic mass is 9.92. The Morgan fingerprint density at radius 3 is 1.57 bits per heavy atom. The molecule has 1 nitrogen and oxygen atoms in total. The SMILES string of the molecule is CC1(C)C(C2(CN)CC2(F)F)C1(C)C.